The van der Waals surface area contributed by atoms with Gasteiger partial charge >= 0.3 is 6.09 Å². The second kappa shape index (κ2) is 5.17. The maximum atomic E-state index is 12.2. The number of benzene rings is 1. The summed E-state index contributed by atoms with van der Waals surface area (Å²) in [6.45, 7) is 0.785. The molecule has 0 spiro atoms. The summed E-state index contributed by atoms with van der Waals surface area (Å²) in [6, 6.07) is 6.63. The van der Waals surface area contributed by atoms with Gasteiger partial charge in [0.1, 0.15) is 0 Å². The second-order valence-corrected chi connectivity index (χ2v) is 4.99. The number of nitrogens with zero attached hydrogens (tertiary/aromatic N) is 2. The molecule has 3 amide bonds. The molecule has 0 aliphatic carbocycles. The molecule has 3 rings (SSSR count). The van der Waals surface area contributed by atoms with Crippen LogP contribution in [-0.2, 0) is 4.74 Å². The molecule has 2 aliphatic rings. The Hall–Kier alpha value is -2.41. The number of carboxylic acid groups (broad SMARTS) is 1. The minimum absolute atomic E-state index is 0.0656. The Morgan fingerprint density at radius 3 is 2.43 bits per heavy atom. The van der Waals surface area contributed by atoms with E-state index in [4.69, 9.17) is 9.84 Å². The lowest BCUT2D eigenvalue weighted by Crippen LogP contribution is -2.50. The first kappa shape index (κ1) is 13.6. The molecule has 2 aliphatic heterocycles. The lowest BCUT2D eigenvalue weighted by molar-refractivity contribution is -0.0310. The van der Waals surface area contributed by atoms with Crippen molar-refractivity contribution < 1.29 is 24.2 Å². The zero-order valence-electron chi connectivity index (χ0n) is 11.2. The molecular weight excluding hydrogens is 276 g/mol. The third kappa shape index (κ3) is 2.36. The molecule has 1 aromatic carbocycles. The number of amides is 3. The number of ether oxygens (including phenoxy) is 1. The normalized spacial score (nSPS) is 21.6. The first-order valence-electron chi connectivity index (χ1n) is 6.62. The van der Waals surface area contributed by atoms with Crippen LogP contribution in [0.1, 0.15) is 20.7 Å². The van der Waals surface area contributed by atoms with E-state index in [9.17, 15) is 14.4 Å². The molecule has 7 nitrogen and oxygen atoms in total. The number of imide groups is 1. The van der Waals surface area contributed by atoms with E-state index in [1.807, 2.05) is 0 Å². The van der Waals surface area contributed by atoms with Crippen LogP contribution in [0.25, 0.3) is 0 Å². The maximum absolute atomic E-state index is 12.2. The molecule has 0 bridgehead atoms. The number of rotatable bonds is 2. The zero-order chi connectivity index (χ0) is 15.0. The van der Waals surface area contributed by atoms with Crippen molar-refractivity contribution in [3.05, 3.63) is 35.4 Å². The van der Waals surface area contributed by atoms with Crippen molar-refractivity contribution in [2.75, 3.05) is 26.2 Å². The lowest BCUT2D eigenvalue weighted by atomic mass is 10.1. The highest BCUT2D eigenvalue weighted by Crippen LogP contribution is 2.23. The van der Waals surface area contributed by atoms with Crippen LogP contribution >= 0.6 is 0 Å². The highest BCUT2D eigenvalue weighted by atomic mass is 16.5. The van der Waals surface area contributed by atoms with Gasteiger partial charge in [0.25, 0.3) is 11.8 Å². The van der Waals surface area contributed by atoms with Crippen LogP contribution in [0.2, 0.25) is 0 Å². The quantitative estimate of drug-likeness (QED) is 0.809. The Morgan fingerprint density at radius 1 is 1.24 bits per heavy atom. The van der Waals surface area contributed by atoms with Gasteiger partial charge in [-0.25, -0.2) is 4.79 Å². The first-order valence-corrected chi connectivity index (χ1v) is 6.62. The van der Waals surface area contributed by atoms with Gasteiger partial charge in [-0.15, -0.1) is 0 Å². The van der Waals surface area contributed by atoms with Crippen molar-refractivity contribution in [3.8, 4) is 0 Å². The molecule has 1 saturated heterocycles. The zero-order valence-corrected chi connectivity index (χ0v) is 11.2. The Kier molecular flexibility index (Phi) is 3.34. The maximum Gasteiger partial charge on any atom is 0.407 e. The van der Waals surface area contributed by atoms with Crippen molar-refractivity contribution in [2.45, 2.75) is 6.10 Å². The number of fused-ring (bicyclic) bond motifs is 1. The van der Waals surface area contributed by atoms with Gasteiger partial charge in [0.2, 0.25) is 0 Å². The van der Waals surface area contributed by atoms with Gasteiger partial charge in [-0.3, -0.25) is 14.5 Å². The molecular formula is C14H14N2O5. The largest absolute Gasteiger partial charge is 0.465 e. The van der Waals surface area contributed by atoms with Crippen LogP contribution in [-0.4, -0.2) is 65.2 Å². The van der Waals surface area contributed by atoms with E-state index < -0.39 is 12.2 Å². The Morgan fingerprint density at radius 2 is 1.86 bits per heavy atom. The van der Waals surface area contributed by atoms with E-state index in [-0.39, 0.29) is 31.5 Å². The highest BCUT2D eigenvalue weighted by Gasteiger charge is 2.37. The minimum Gasteiger partial charge on any atom is -0.465 e. The van der Waals surface area contributed by atoms with E-state index in [0.29, 0.717) is 17.7 Å². The van der Waals surface area contributed by atoms with E-state index in [2.05, 4.69) is 0 Å². The summed E-state index contributed by atoms with van der Waals surface area (Å²) < 4.78 is 5.46. The van der Waals surface area contributed by atoms with Crippen LogP contribution in [0, 0.1) is 0 Å². The molecule has 1 aromatic rings. The monoisotopic (exact) mass is 290 g/mol. The van der Waals surface area contributed by atoms with E-state index in [1.54, 1.807) is 24.3 Å². The van der Waals surface area contributed by atoms with Gasteiger partial charge in [-0.2, -0.15) is 0 Å². The van der Waals surface area contributed by atoms with Gasteiger partial charge in [-0.1, -0.05) is 12.1 Å². The van der Waals surface area contributed by atoms with Crippen LogP contribution in [0.5, 0.6) is 0 Å². The molecule has 1 unspecified atom stereocenters. The molecule has 1 fully saturated rings. The molecule has 1 atom stereocenters. The average Bonchev–Trinajstić information content (AvgIpc) is 2.73. The van der Waals surface area contributed by atoms with Crippen molar-refractivity contribution in [3.63, 3.8) is 0 Å². The predicted molar refractivity (Wildman–Crippen MR) is 71.1 cm³/mol. The number of hydrogen-bond donors (Lipinski definition) is 1. The lowest BCUT2D eigenvalue weighted by Gasteiger charge is -2.32. The number of morpholine rings is 1. The van der Waals surface area contributed by atoms with Crippen LogP contribution in [0.15, 0.2) is 24.3 Å². The fraction of sp³-hybridized carbons (Fsp3) is 0.357. The standard InChI is InChI=1S/C14H14N2O5/c17-12-10-3-1-2-4-11(10)13(18)16(12)8-9-7-15(14(19)20)5-6-21-9/h1-4,9H,5-8H2,(H,19,20). The van der Waals surface area contributed by atoms with Crippen LogP contribution in [0.4, 0.5) is 4.79 Å². The van der Waals surface area contributed by atoms with Gasteiger partial charge in [0.15, 0.2) is 0 Å². The fourth-order valence-corrected chi connectivity index (χ4v) is 2.61. The minimum atomic E-state index is -1.02. The van der Waals surface area contributed by atoms with Gasteiger partial charge < -0.3 is 14.7 Å². The third-order valence-electron chi connectivity index (χ3n) is 3.67. The summed E-state index contributed by atoms with van der Waals surface area (Å²) in [4.78, 5) is 37.8. The molecule has 110 valence electrons. The van der Waals surface area contributed by atoms with Crippen molar-refractivity contribution >= 4 is 17.9 Å². The summed E-state index contributed by atoms with van der Waals surface area (Å²) >= 11 is 0. The van der Waals surface area contributed by atoms with E-state index >= 15 is 0 Å². The predicted octanol–water partition coefficient (Wildman–Crippen LogP) is 0.661. The van der Waals surface area contributed by atoms with Crippen molar-refractivity contribution in [1.29, 1.82) is 0 Å². The van der Waals surface area contributed by atoms with E-state index in [0.717, 1.165) is 4.90 Å². The molecule has 2 heterocycles. The van der Waals surface area contributed by atoms with Crippen molar-refractivity contribution in [1.82, 2.24) is 9.80 Å². The first-order chi connectivity index (χ1) is 10.1. The molecule has 1 N–H and O–H groups in total. The Balaban J connectivity index is 1.73. The molecule has 0 saturated carbocycles. The van der Waals surface area contributed by atoms with Crippen molar-refractivity contribution in [2.24, 2.45) is 0 Å². The topological polar surface area (TPSA) is 87.2 Å². The Bertz CT molecular complexity index is 580. The summed E-state index contributed by atoms with van der Waals surface area (Å²) in [6.07, 6.45) is -1.51. The van der Waals surface area contributed by atoms with E-state index in [1.165, 1.54) is 4.90 Å². The molecule has 7 heteroatoms. The summed E-state index contributed by atoms with van der Waals surface area (Å²) in [5.74, 6) is -0.710. The van der Waals surface area contributed by atoms with Gasteiger partial charge in [-0.05, 0) is 12.1 Å². The molecule has 21 heavy (non-hydrogen) atoms. The Labute approximate surface area is 120 Å². The number of hydrogen-bond acceptors (Lipinski definition) is 4. The SMILES string of the molecule is O=C(O)N1CCOC(CN2C(=O)c3ccccc3C2=O)C1. The second-order valence-electron chi connectivity index (χ2n) is 4.99. The number of carbonyl (C=O) groups is 3. The number of carbonyl (C=O) groups excluding carboxylic acids is 2. The van der Waals surface area contributed by atoms with Crippen LogP contribution in [0.3, 0.4) is 0 Å². The highest BCUT2D eigenvalue weighted by molar-refractivity contribution is 6.21. The molecule has 0 radical (unpaired) electrons. The molecule has 0 aromatic heterocycles. The summed E-state index contributed by atoms with van der Waals surface area (Å²) in [7, 11) is 0. The van der Waals surface area contributed by atoms with Gasteiger partial charge in [0.05, 0.1) is 36.9 Å². The summed E-state index contributed by atoms with van der Waals surface area (Å²) in [5, 5.41) is 8.99. The fourth-order valence-electron chi connectivity index (χ4n) is 2.61. The average molecular weight is 290 g/mol. The summed E-state index contributed by atoms with van der Waals surface area (Å²) in [5.41, 5.74) is 0.766. The van der Waals surface area contributed by atoms with Crippen LogP contribution < -0.4 is 0 Å². The smallest absolute Gasteiger partial charge is 0.407 e. The van der Waals surface area contributed by atoms with Gasteiger partial charge in [0, 0.05) is 6.54 Å². The third-order valence-corrected chi connectivity index (χ3v) is 3.67.